The molecule has 9 aromatic rings. The van der Waals surface area contributed by atoms with Crippen LogP contribution in [0.15, 0.2) is 121 Å². The average molecular weight is 571 g/mol. The highest BCUT2D eigenvalue weighted by Crippen LogP contribution is 2.43. The zero-order valence-electron chi connectivity index (χ0n) is 23.5. The van der Waals surface area contributed by atoms with Crippen molar-refractivity contribution in [3.63, 3.8) is 0 Å². The van der Waals surface area contributed by atoms with Gasteiger partial charge >= 0.3 is 0 Å². The molecule has 4 N–H and O–H groups in total. The number of rotatable bonds is 4. The molecule has 9 rings (SSSR count). The van der Waals surface area contributed by atoms with Gasteiger partial charge in [-0.05, 0) is 77.5 Å². The Bertz CT molecular complexity index is 2370. The zero-order valence-corrected chi connectivity index (χ0v) is 23.5. The van der Waals surface area contributed by atoms with Crippen molar-refractivity contribution in [2.45, 2.75) is 12.2 Å². The molecule has 2 unspecified atom stereocenters. The molecule has 210 valence electrons. The van der Waals surface area contributed by atoms with Gasteiger partial charge in [0.15, 0.2) is 0 Å². The van der Waals surface area contributed by atoms with Crippen molar-refractivity contribution in [1.29, 1.82) is 0 Å². The second-order valence-electron chi connectivity index (χ2n) is 11.8. The molecule has 0 amide bonds. The highest BCUT2D eigenvalue weighted by atomic mass is 16.3. The van der Waals surface area contributed by atoms with Crippen molar-refractivity contribution in [2.75, 3.05) is 0 Å². The minimum absolute atomic E-state index is 0.245. The fraction of sp³-hybridized carbons (Fsp3) is 0.0500. The zero-order chi connectivity index (χ0) is 29.7. The van der Waals surface area contributed by atoms with Crippen LogP contribution in [-0.4, -0.2) is 20.4 Å². The number of phenolic OH excluding ortho intramolecular Hbond substituents is 2. The molecule has 0 fully saturated rings. The molecule has 2 atom stereocenters. The molecule has 0 aliphatic heterocycles. The summed E-state index contributed by atoms with van der Waals surface area (Å²) in [6.45, 7) is 0. The second-order valence-corrected chi connectivity index (χ2v) is 11.8. The minimum atomic E-state index is -0.874. The maximum absolute atomic E-state index is 11.6. The Morgan fingerprint density at radius 2 is 0.614 bits per heavy atom. The van der Waals surface area contributed by atoms with Crippen LogP contribution in [0.1, 0.15) is 34.5 Å². The van der Waals surface area contributed by atoms with Crippen LogP contribution < -0.4 is 0 Å². The van der Waals surface area contributed by atoms with Gasteiger partial charge in [-0.2, -0.15) is 0 Å². The lowest BCUT2D eigenvalue weighted by Crippen LogP contribution is -2.04. The molecule has 0 bridgehead atoms. The molecular weight excluding hydrogens is 544 g/mol. The Morgan fingerprint density at radius 3 is 1.00 bits per heavy atom. The second kappa shape index (κ2) is 9.04. The molecule has 0 aliphatic carbocycles. The van der Waals surface area contributed by atoms with Gasteiger partial charge in [0.05, 0.1) is 0 Å². The monoisotopic (exact) mass is 570 g/mol. The molecule has 4 nitrogen and oxygen atoms in total. The van der Waals surface area contributed by atoms with E-state index in [1.165, 1.54) is 0 Å². The van der Waals surface area contributed by atoms with Crippen molar-refractivity contribution in [2.24, 2.45) is 0 Å². The number of aromatic hydroxyl groups is 2. The van der Waals surface area contributed by atoms with E-state index in [9.17, 15) is 20.4 Å². The van der Waals surface area contributed by atoms with Crippen LogP contribution in [0.3, 0.4) is 0 Å². The van der Waals surface area contributed by atoms with Gasteiger partial charge < -0.3 is 20.4 Å². The first-order chi connectivity index (χ1) is 21.5. The van der Waals surface area contributed by atoms with Crippen LogP contribution in [0, 0.1) is 0 Å². The number of aliphatic hydroxyl groups excluding tert-OH is 2. The number of hydrogen-bond donors (Lipinski definition) is 4. The van der Waals surface area contributed by atoms with E-state index in [-0.39, 0.29) is 11.5 Å². The van der Waals surface area contributed by atoms with Crippen molar-refractivity contribution < 1.29 is 20.4 Å². The van der Waals surface area contributed by atoms with Crippen molar-refractivity contribution in [3.05, 3.63) is 144 Å². The van der Waals surface area contributed by atoms with Crippen LogP contribution in [0.5, 0.6) is 11.5 Å². The predicted octanol–water partition coefficient (Wildman–Crippen LogP) is 9.06. The maximum Gasteiger partial charge on any atom is 0.123 e. The fourth-order valence-electron chi connectivity index (χ4n) is 7.31. The quantitative estimate of drug-likeness (QED) is 0.159. The van der Waals surface area contributed by atoms with Crippen LogP contribution in [-0.2, 0) is 0 Å². The lowest BCUT2D eigenvalue weighted by Gasteiger charge is -2.20. The van der Waals surface area contributed by atoms with Crippen molar-refractivity contribution >= 4 is 64.6 Å². The van der Waals surface area contributed by atoms with Crippen LogP contribution in [0.25, 0.3) is 64.6 Å². The summed E-state index contributed by atoms with van der Waals surface area (Å²) >= 11 is 0. The third kappa shape index (κ3) is 3.41. The maximum atomic E-state index is 11.6. The molecule has 0 saturated heterocycles. The van der Waals surface area contributed by atoms with Crippen molar-refractivity contribution in [3.8, 4) is 11.5 Å². The molecule has 0 aromatic heterocycles. The third-order valence-corrected chi connectivity index (χ3v) is 9.51. The lowest BCUT2D eigenvalue weighted by molar-refractivity contribution is 0.218. The first kappa shape index (κ1) is 25.1. The number of hydrogen-bond acceptors (Lipinski definition) is 4. The van der Waals surface area contributed by atoms with Crippen molar-refractivity contribution in [1.82, 2.24) is 0 Å². The van der Waals surface area contributed by atoms with E-state index in [1.807, 2.05) is 109 Å². The molecule has 0 aliphatic rings. The smallest absolute Gasteiger partial charge is 0.123 e. The van der Waals surface area contributed by atoms with E-state index in [0.29, 0.717) is 0 Å². The molecule has 0 saturated carbocycles. The number of aliphatic hydroxyl groups is 2. The lowest BCUT2D eigenvalue weighted by atomic mass is 9.87. The normalized spacial score (nSPS) is 13.7. The van der Waals surface area contributed by atoms with Crippen LogP contribution >= 0.6 is 0 Å². The standard InChI is InChI=1S/C40H26O4/c41-33-19-11-23-5-13-27-29(15-7-21-9-17-31(33)37(23)35(21)27)39(43)25-1-2-26(4-3-25)40(44)30-16-8-22-10-18-32-34(42)20-12-24-6-14-28(30)36(22)38(24)32/h1-20,39-44H. The number of phenols is 2. The summed E-state index contributed by atoms with van der Waals surface area (Å²) in [6.07, 6.45) is -1.75. The summed E-state index contributed by atoms with van der Waals surface area (Å²) in [5.41, 5.74) is 3.03. The van der Waals surface area contributed by atoms with Crippen LogP contribution in [0.2, 0.25) is 0 Å². The Labute approximate surface area is 252 Å². The molecule has 0 radical (unpaired) electrons. The Hall–Kier alpha value is -5.42. The van der Waals surface area contributed by atoms with Gasteiger partial charge in [-0.25, -0.2) is 0 Å². The third-order valence-electron chi connectivity index (χ3n) is 9.51. The molecule has 4 heteroatoms. The van der Waals surface area contributed by atoms with E-state index < -0.39 is 12.2 Å². The van der Waals surface area contributed by atoms with E-state index in [1.54, 1.807) is 12.1 Å². The van der Waals surface area contributed by atoms with E-state index >= 15 is 0 Å². The van der Waals surface area contributed by atoms with E-state index in [2.05, 4.69) is 0 Å². The highest BCUT2D eigenvalue weighted by molar-refractivity contribution is 6.25. The molecule has 0 heterocycles. The van der Waals surface area contributed by atoms with Gasteiger partial charge in [0.25, 0.3) is 0 Å². The molecule has 9 aromatic carbocycles. The summed E-state index contributed by atoms with van der Waals surface area (Å²) in [4.78, 5) is 0. The van der Waals surface area contributed by atoms with Gasteiger partial charge in [0.1, 0.15) is 23.7 Å². The Morgan fingerprint density at radius 1 is 0.318 bits per heavy atom. The largest absolute Gasteiger partial charge is 0.507 e. The predicted molar refractivity (Wildman–Crippen MR) is 178 cm³/mol. The SMILES string of the molecule is Oc1ccc2ccc3c(C(O)c4ccc(C(O)c5ccc6ccc7c(O)ccc8ccc5c6c87)cc4)ccc4ccc1c2c43. The first-order valence-corrected chi connectivity index (χ1v) is 14.7. The Balaban J connectivity index is 1.12. The van der Waals surface area contributed by atoms with Gasteiger partial charge in [-0.1, -0.05) is 109 Å². The Kier molecular flexibility index (Phi) is 5.16. The number of benzene rings is 9. The first-order valence-electron chi connectivity index (χ1n) is 14.7. The minimum Gasteiger partial charge on any atom is -0.507 e. The fourth-order valence-corrected chi connectivity index (χ4v) is 7.31. The molecular formula is C40H26O4. The van der Waals surface area contributed by atoms with Gasteiger partial charge in [0.2, 0.25) is 0 Å². The summed E-state index contributed by atoms with van der Waals surface area (Å²) in [6, 6.07) is 38.9. The molecule has 0 spiro atoms. The van der Waals surface area contributed by atoms with Crippen LogP contribution in [0.4, 0.5) is 0 Å². The highest BCUT2D eigenvalue weighted by Gasteiger charge is 2.21. The van der Waals surface area contributed by atoms with Gasteiger partial charge in [-0.15, -0.1) is 0 Å². The summed E-state index contributed by atoms with van der Waals surface area (Å²) in [5, 5.41) is 56.0. The summed E-state index contributed by atoms with van der Waals surface area (Å²) in [5.74, 6) is 0.490. The van der Waals surface area contributed by atoms with E-state index in [4.69, 9.17) is 0 Å². The van der Waals surface area contributed by atoms with E-state index in [0.717, 1.165) is 86.9 Å². The average Bonchev–Trinajstić information content (AvgIpc) is 3.07. The summed E-state index contributed by atoms with van der Waals surface area (Å²) in [7, 11) is 0. The van der Waals surface area contributed by atoms with Gasteiger partial charge in [0, 0.05) is 21.5 Å². The topological polar surface area (TPSA) is 80.9 Å². The summed E-state index contributed by atoms with van der Waals surface area (Å²) < 4.78 is 0. The van der Waals surface area contributed by atoms with Gasteiger partial charge in [-0.3, -0.25) is 0 Å². The molecule has 44 heavy (non-hydrogen) atoms.